The summed E-state index contributed by atoms with van der Waals surface area (Å²) in [6.07, 6.45) is 5.42. The molecule has 1 aromatic carbocycles. The van der Waals surface area contributed by atoms with Gasteiger partial charge in [-0.1, -0.05) is 48.9 Å². The molecule has 1 saturated heterocycles. The van der Waals surface area contributed by atoms with E-state index in [1.54, 1.807) is 11.3 Å². The lowest BCUT2D eigenvalue weighted by Crippen LogP contribution is -2.55. The standard InChI is InChI=1S/C23H26N4O2S2/c28-22(26-12-13-29-20-11-5-4-10-19(20)26)16-31-23-25-24-21(15-18-9-6-14-30-18)27(23)17-7-2-1-3-8-17/h1-3,6-9,14,19-20H,4-5,10-13,15-16H2. The molecule has 2 atom stereocenters. The molecule has 31 heavy (non-hydrogen) atoms. The number of aromatic nitrogens is 3. The van der Waals surface area contributed by atoms with E-state index < -0.39 is 0 Å². The summed E-state index contributed by atoms with van der Waals surface area (Å²) in [7, 11) is 0. The van der Waals surface area contributed by atoms with Crippen LogP contribution in [-0.4, -0.2) is 56.6 Å². The van der Waals surface area contributed by atoms with Gasteiger partial charge in [0, 0.05) is 23.5 Å². The van der Waals surface area contributed by atoms with Gasteiger partial charge in [0.05, 0.1) is 24.5 Å². The van der Waals surface area contributed by atoms with Crippen LogP contribution in [0.3, 0.4) is 0 Å². The summed E-state index contributed by atoms with van der Waals surface area (Å²) in [6, 6.07) is 14.5. The first-order valence-electron chi connectivity index (χ1n) is 10.9. The third kappa shape index (κ3) is 4.56. The van der Waals surface area contributed by atoms with Crippen LogP contribution in [0.25, 0.3) is 5.69 Å². The summed E-state index contributed by atoms with van der Waals surface area (Å²) in [4.78, 5) is 16.4. The number of morpholine rings is 1. The van der Waals surface area contributed by atoms with Crippen LogP contribution in [-0.2, 0) is 16.0 Å². The van der Waals surface area contributed by atoms with Gasteiger partial charge in [0.2, 0.25) is 5.91 Å². The minimum absolute atomic E-state index is 0.174. The van der Waals surface area contributed by atoms with Gasteiger partial charge >= 0.3 is 0 Å². The highest BCUT2D eigenvalue weighted by molar-refractivity contribution is 7.99. The number of thioether (sulfide) groups is 1. The van der Waals surface area contributed by atoms with E-state index in [4.69, 9.17) is 4.74 Å². The molecular weight excluding hydrogens is 428 g/mol. The Morgan fingerprint density at radius 3 is 2.84 bits per heavy atom. The molecule has 0 N–H and O–H groups in total. The fourth-order valence-electron chi connectivity index (χ4n) is 4.53. The van der Waals surface area contributed by atoms with Crippen molar-refractivity contribution < 1.29 is 9.53 Å². The van der Waals surface area contributed by atoms with E-state index in [9.17, 15) is 4.79 Å². The monoisotopic (exact) mass is 454 g/mol. The summed E-state index contributed by atoms with van der Waals surface area (Å²) in [5, 5.41) is 11.8. The van der Waals surface area contributed by atoms with Gasteiger partial charge in [-0.25, -0.2) is 0 Å². The van der Waals surface area contributed by atoms with Crippen LogP contribution in [0, 0.1) is 0 Å². The Balaban J connectivity index is 1.34. The maximum absolute atomic E-state index is 13.1. The van der Waals surface area contributed by atoms with Gasteiger partial charge in [-0.3, -0.25) is 9.36 Å². The third-order valence-electron chi connectivity index (χ3n) is 6.00. The number of nitrogens with zero attached hydrogens (tertiary/aromatic N) is 4. The molecule has 2 aromatic heterocycles. The van der Waals surface area contributed by atoms with Gasteiger partial charge in [0.1, 0.15) is 5.82 Å². The van der Waals surface area contributed by atoms with Crippen molar-refractivity contribution in [2.45, 2.75) is 49.4 Å². The zero-order valence-corrected chi connectivity index (χ0v) is 19.0. The van der Waals surface area contributed by atoms with Crippen molar-refractivity contribution in [2.24, 2.45) is 0 Å². The molecular formula is C23H26N4O2S2. The van der Waals surface area contributed by atoms with Crippen LogP contribution in [0.1, 0.15) is 36.4 Å². The lowest BCUT2D eigenvalue weighted by atomic mass is 9.90. The van der Waals surface area contributed by atoms with Crippen LogP contribution in [0.2, 0.25) is 0 Å². The second kappa shape index (κ2) is 9.54. The maximum Gasteiger partial charge on any atom is 0.233 e. The fraction of sp³-hybridized carbons (Fsp3) is 0.435. The van der Waals surface area contributed by atoms with Crippen molar-refractivity contribution in [3.8, 4) is 5.69 Å². The number of benzene rings is 1. The minimum Gasteiger partial charge on any atom is -0.374 e. The van der Waals surface area contributed by atoms with Crippen molar-refractivity contribution in [1.29, 1.82) is 0 Å². The molecule has 162 valence electrons. The van der Waals surface area contributed by atoms with Gasteiger partial charge in [0.15, 0.2) is 5.16 Å². The van der Waals surface area contributed by atoms with Gasteiger partial charge in [0.25, 0.3) is 0 Å². The number of para-hydroxylation sites is 1. The number of ether oxygens (including phenoxy) is 1. The number of hydrogen-bond acceptors (Lipinski definition) is 6. The van der Waals surface area contributed by atoms with Crippen molar-refractivity contribution in [3.63, 3.8) is 0 Å². The molecule has 3 heterocycles. The molecule has 5 rings (SSSR count). The molecule has 0 bridgehead atoms. The molecule has 2 aliphatic rings. The fourth-order valence-corrected chi connectivity index (χ4v) is 6.09. The second-order valence-corrected chi connectivity index (χ2v) is 9.94. The number of hydrogen-bond donors (Lipinski definition) is 0. The molecule has 0 radical (unpaired) electrons. The Bertz CT molecular complexity index is 1000. The highest BCUT2D eigenvalue weighted by Gasteiger charge is 2.36. The van der Waals surface area contributed by atoms with E-state index in [-0.39, 0.29) is 18.1 Å². The van der Waals surface area contributed by atoms with Gasteiger partial charge < -0.3 is 9.64 Å². The van der Waals surface area contributed by atoms with E-state index in [2.05, 4.69) is 49.3 Å². The lowest BCUT2D eigenvalue weighted by molar-refractivity contribution is -0.146. The highest BCUT2D eigenvalue weighted by atomic mass is 32.2. The largest absolute Gasteiger partial charge is 0.374 e. The summed E-state index contributed by atoms with van der Waals surface area (Å²) in [6.45, 7) is 1.33. The summed E-state index contributed by atoms with van der Waals surface area (Å²) in [5.74, 6) is 1.43. The number of rotatable bonds is 6. The van der Waals surface area contributed by atoms with Crippen molar-refractivity contribution in [1.82, 2.24) is 19.7 Å². The number of fused-ring (bicyclic) bond motifs is 1. The van der Waals surface area contributed by atoms with Gasteiger partial charge in [-0.05, 0) is 36.4 Å². The molecule has 8 heteroatoms. The zero-order valence-electron chi connectivity index (χ0n) is 17.4. The molecule has 3 aromatic rings. The highest BCUT2D eigenvalue weighted by Crippen LogP contribution is 2.30. The average molecular weight is 455 g/mol. The van der Waals surface area contributed by atoms with E-state index in [0.717, 1.165) is 35.9 Å². The molecule has 1 aliphatic carbocycles. The van der Waals surface area contributed by atoms with E-state index in [0.29, 0.717) is 18.9 Å². The third-order valence-corrected chi connectivity index (χ3v) is 7.79. The van der Waals surface area contributed by atoms with Crippen LogP contribution < -0.4 is 0 Å². The molecule has 1 aliphatic heterocycles. The van der Waals surface area contributed by atoms with Crippen LogP contribution in [0.5, 0.6) is 0 Å². The van der Waals surface area contributed by atoms with Crippen molar-refractivity contribution in [3.05, 3.63) is 58.5 Å². The predicted molar refractivity (Wildman–Crippen MR) is 123 cm³/mol. The topological polar surface area (TPSA) is 60.2 Å². The Hall–Kier alpha value is -2.16. The van der Waals surface area contributed by atoms with E-state index >= 15 is 0 Å². The lowest BCUT2D eigenvalue weighted by Gasteiger charge is -2.43. The summed E-state index contributed by atoms with van der Waals surface area (Å²) >= 11 is 3.20. The average Bonchev–Trinajstić information content (AvgIpc) is 3.48. The Morgan fingerprint density at radius 1 is 1.13 bits per heavy atom. The normalized spacial score (nSPS) is 21.1. The smallest absolute Gasteiger partial charge is 0.233 e. The first-order valence-corrected chi connectivity index (χ1v) is 12.7. The molecule has 0 spiro atoms. The minimum atomic E-state index is 0.174. The van der Waals surface area contributed by atoms with Gasteiger partial charge in [-0.15, -0.1) is 21.5 Å². The second-order valence-electron chi connectivity index (χ2n) is 7.96. The van der Waals surface area contributed by atoms with Crippen LogP contribution in [0.4, 0.5) is 0 Å². The Kier molecular flexibility index (Phi) is 6.38. The van der Waals surface area contributed by atoms with E-state index in [1.807, 2.05) is 18.2 Å². The quantitative estimate of drug-likeness (QED) is 0.523. The molecule has 1 amide bonds. The van der Waals surface area contributed by atoms with E-state index in [1.165, 1.54) is 29.5 Å². The van der Waals surface area contributed by atoms with Gasteiger partial charge in [-0.2, -0.15) is 0 Å². The first kappa shape index (κ1) is 20.7. The zero-order chi connectivity index (χ0) is 21.0. The van der Waals surface area contributed by atoms with Crippen LogP contribution in [0.15, 0.2) is 53.0 Å². The molecule has 1 saturated carbocycles. The maximum atomic E-state index is 13.1. The summed E-state index contributed by atoms with van der Waals surface area (Å²) in [5.41, 5.74) is 1.02. The van der Waals surface area contributed by atoms with Crippen molar-refractivity contribution >= 4 is 29.0 Å². The molecule has 6 nitrogen and oxygen atoms in total. The Labute approximate surface area is 190 Å². The molecule has 2 unspecified atom stereocenters. The van der Waals surface area contributed by atoms with Crippen LogP contribution >= 0.6 is 23.1 Å². The first-order chi connectivity index (χ1) is 15.3. The number of amides is 1. The number of thiophene rings is 1. The molecule has 2 fully saturated rings. The van der Waals surface area contributed by atoms with Crippen molar-refractivity contribution in [2.75, 3.05) is 18.9 Å². The summed E-state index contributed by atoms with van der Waals surface area (Å²) < 4.78 is 8.01. The SMILES string of the molecule is O=C(CSc1nnc(Cc2cccs2)n1-c1ccccc1)N1CCOC2CCCCC21. The number of carbonyl (C=O) groups is 1. The Morgan fingerprint density at radius 2 is 2.00 bits per heavy atom. The predicted octanol–water partition coefficient (Wildman–Crippen LogP) is 4.18. The number of carbonyl (C=O) groups excluding carboxylic acids is 1.